The minimum atomic E-state index is -1.67. The quantitative estimate of drug-likeness (QED) is 0.0215. The van der Waals surface area contributed by atoms with Gasteiger partial charge in [0.25, 0.3) is 0 Å². The van der Waals surface area contributed by atoms with E-state index in [0.29, 0.717) is 19.3 Å². The highest BCUT2D eigenvalue weighted by Gasteiger charge is 2.44. The summed E-state index contributed by atoms with van der Waals surface area (Å²) in [5, 5.41) is 75.9. The first kappa shape index (κ1) is 65.1. The Bertz CT molecular complexity index is 1260. The molecule has 0 aliphatic carbocycles. The van der Waals surface area contributed by atoms with Crippen LogP contribution in [-0.2, 0) is 14.3 Å². The zero-order valence-corrected chi connectivity index (χ0v) is 44.0. The van der Waals surface area contributed by atoms with Gasteiger partial charge in [-0.15, -0.1) is 0 Å². The van der Waals surface area contributed by atoms with Crippen molar-refractivity contribution in [2.24, 2.45) is 0 Å². The van der Waals surface area contributed by atoms with Crippen LogP contribution in [0.2, 0.25) is 0 Å². The van der Waals surface area contributed by atoms with Gasteiger partial charge < -0.3 is 50.5 Å². The van der Waals surface area contributed by atoms with Crippen LogP contribution in [0.25, 0.3) is 0 Å². The third-order valence-corrected chi connectivity index (χ3v) is 13.5. The van der Waals surface area contributed by atoms with Gasteiger partial charge in [-0.05, 0) is 83.5 Å². The Balaban J connectivity index is 2.28. The van der Waals surface area contributed by atoms with Crippen LogP contribution >= 0.6 is 0 Å². The van der Waals surface area contributed by atoms with Gasteiger partial charge in [-0.25, -0.2) is 0 Å². The third-order valence-electron chi connectivity index (χ3n) is 13.5. The summed E-state index contributed by atoms with van der Waals surface area (Å²) in [4.78, 5) is 13.2. The second kappa shape index (κ2) is 47.1. The Morgan fingerprint density at radius 3 is 1.35 bits per heavy atom. The number of hydrogen-bond donors (Lipinski definition) is 8. The molecule has 11 nitrogen and oxygen atoms in total. The van der Waals surface area contributed by atoms with Crippen LogP contribution in [0.4, 0.5) is 0 Å². The van der Waals surface area contributed by atoms with E-state index in [4.69, 9.17) is 9.47 Å². The van der Waals surface area contributed by atoms with Gasteiger partial charge in [0.2, 0.25) is 5.91 Å². The van der Waals surface area contributed by atoms with Crippen molar-refractivity contribution in [1.29, 1.82) is 0 Å². The number of hydrogen-bond acceptors (Lipinski definition) is 10. The minimum Gasteiger partial charge on any atom is -0.394 e. The molecule has 1 rings (SSSR count). The summed E-state index contributed by atoms with van der Waals surface area (Å²) < 4.78 is 11.1. The summed E-state index contributed by atoms with van der Waals surface area (Å²) in [5.41, 5.74) is 0. The molecule has 1 saturated heterocycles. The van der Waals surface area contributed by atoms with Crippen LogP contribution in [0.1, 0.15) is 245 Å². The number of aliphatic hydroxyl groups is 7. The van der Waals surface area contributed by atoms with Crippen molar-refractivity contribution in [3.05, 3.63) is 48.6 Å². The van der Waals surface area contributed by atoms with E-state index in [9.17, 15) is 40.5 Å². The lowest BCUT2D eigenvalue weighted by Crippen LogP contribution is -2.60. The molecule has 404 valence electrons. The van der Waals surface area contributed by atoms with Crippen LogP contribution in [0.5, 0.6) is 0 Å². The zero-order valence-electron chi connectivity index (χ0n) is 44.0. The predicted molar refractivity (Wildman–Crippen MR) is 284 cm³/mol. The van der Waals surface area contributed by atoms with Gasteiger partial charge in [-0.2, -0.15) is 0 Å². The maximum atomic E-state index is 13.2. The van der Waals surface area contributed by atoms with Crippen molar-refractivity contribution in [2.75, 3.05) is 13.2 Å². The fourth-order valence-electron chi connectivity index (χ4n) is 8.89. The Morgan fingerprint density at radius 1 is 0.493 bits per heavy atom. The number of unbranched alkanes of at least 4 members (excludes halogenated alkanes) is 28. The molecule has 0 radical (unpaired) electrons. The summed E-state index contributed by atoms with van der Waals surface area (Å²) >= 11 is 0. The second-order valence-electron chi connectivity index (χ2n) is 20.0. The highest BCUT2D eigenvalue weighted by atomic mass is 16.7. The van der Waals surface area contributed by atoms with Crippen LogP contribution in [0.3, 0.4) is 0 Å². The van der Waals surface area contributed by atoms with Crippen molar-refractivity contribution in [1.82, 2.24) is 5.32 Å². The number of amides is 1. The summed E-state index contributed by atoms with van der Waals surface area (Å²) in [6.45, 7) is 3.37. The zero-order chi connectivity index (χ0) is 50.4. The fourth-order valence-corrected chi connectivity index (χ4v) is 8.89. The molecule has 9 atom stereocenters. The standard InChI is InChI=1S/C58H107NO10/c1-3-5-7-9-11-13-15-17-19-20-21-22-23-24-25-26-27-28-29-30-31-32-34-36-38-40-42-44-46-51(62)57(67)59-49(48-68-58-56(66)55(65)54(64)52(47-60)69-58)53(63)50(61)45-43-41-39-37-35-33-18-16-14-12-10-8-6-4-2/h8,10,16,18,24-25,37,39,49-56,58,60-66H,3-7,9,11-15,17,19-23,26-36,38,40-48H2,1-2H3,(H,59,67)/b10-8+,18-16+,25-24-,39-37+. The third kappa shape index (κ3) is 35.8. The first-order valence-electron chi connectivity index (χ1n) is 28.5. The monoisotopic (exact) mass is 978 g/mol. The Morgan fingerprint density at radius 2 is 0.899 bits per heavy atom. The topological polar surface area (TPSA) is 189 Å². The molecule has 0 aromatic rings. The van der Waals surface area contributed by atoms with Gasteiger partial charge in [-0.3, -0.25) is 4.79 Å². The highest BCUT2D eigenvalue weighted by molar-refractivity contribution is 5.80. The summed E-state index contributed by atoms with van der Waals surface area (Å²) in [6.07, 6.45) is 47.5. The molecule has 9 unspecified atom stereocenters. The average Bonchev–Trinajstić information content (AvgIpc) is 3.35. The molecule has 0 bridgehead atoms. The number of ether oxygens (including phenoxy) is 2. The molecule has 0 aromatic heterocycles. The molecule has 0 saturated carbocycles. The second-order valence-corrected chi connectivity index (χ2v) is 20.0. The number of allylic oxidation sites excluding steroid dienone is 8. The number of nitrogens with one attached hydrogen (secondary N) is 1. The van der Waals surface area contributed by atoms with Crippen molar-refractivity contribution in [3.63, 3.8) is 0 Å². The Labute approximate surface area is 421 Å². The van der Waals surface area contributed by atoms with Gasteiger partial charge >= 0.3 is 0 Å². The first-order chi connectivity index (χ1) is 33.7. The molecule has 1 amide bonds. The van der Waals surface area contributed by atoms with Crippen LogP contribution in [-0.4, -0.2) is 110 Å². The molecule has 69 heavy (non-hydrogen) atoms. The lowest BCUT2D eigenvalue weighted by Gasteiger charge is -2.40. The molecule has 1 aliphatic heterocycles. The smallest absolute Gasteiger partial charge is 0.249 e. The highest BCUT2D eigenvalue weighted by Crippen LogP contribution is 2.23. The van der Waals surface area contributed by atoms with Gasteiger partial charge in [-0.1, -0.05) is 210 Å². The van der Waals surface area contributed by atoms with Crippen molar-refractivity contribution < 1.29 is 50.0 Å². The van der Waals surface area contributed by atoms with Gasteiger partial charge in [0.05, 0.1) is 25.4 Å². The number of carbonyl (C=O) groups is 1. The lowest BCUT2D eigenvalue weighted by molar-refractivity contribution is -0.303. The maximum absolute atomic E-state index is 13.2. The fraction of sp³-hybridized carbons (Fsp3) is 0.845. The summed E-state index contributed by atoms with van der Waals surface area (Å²) in [6, 6.07) is -1.19. The van der Waals surface area contributed by atoms with E-state index in [-0.39, 0.29) is 12.8 Å². The molecule has 0 aromatic carbocycles. The first-order valence-corrected chi connectivity index (χ1v) is 28.5. The molecule has 1 aliphatic rings. The number of rotatable bonds is 48. The predicted octanol–water partition coefficient (Wildman–Crippen LogP) is 11.7. The van der Waals surface area contributed by atoms with E-state index in [2.05, 4.69) is 67.8 Å². The van der Waals surface area contributed by atoms with E-state index < -0.39 is 74.2 Å². The molecular formula is C58H107NO10. The van der Waals surface area contributed by atoms with Gasteiger partial charge in [0, 0.05) is 0 Å². The van der Waals surface area contributed by atoms with Crippen LogP contribution in [0.15, 0.2) is 48.6 Å². The van der Waals surface area contributed by atoms with Crippen LogP contribution < -0.4 is 5.32 Å². The molecule has 11 heteroatoms. The summed E-state index contributed by atoms with van der Waals surface area (Å²) in [5.74, 6) is -0.713. The van der Waals surface area contributed by atoms with E-state index in [1.807, 2.05) is 0 Å². The SMILES string of the molecule is CCC/C=C/CC/C=C/CC/C=C/CCCC(O)C(O)C(COC1OC(CO)C(O)C(O)C1O)NC(=O)C(O)CCCCCCCCCCCCCC/C=C\CCCCCCCCCCCCCC. The molecule has 0 spiro atoms. The van der Waals surface area contributed by atoms with Crippen molar-refractivity contribution >= 4 is 5.91 Å². The maximum Gasteiger partial charge on any atom is 0.249 e. The Kier molecular flexibility index (Phi) is 44.4. The largest absolute Gasteiger partial charge is 0.394 e. The Hall–Kier alpha value is -1.93. The van der Waals surface area contributed by atoms with E-state index in [0.717, 1.165) is 51.4 Å². The van der Waals surface area contributed by atoms with Crippen LogP contribution in [0, 0.1) is 0 Å². The van der Waals surface area contributed by atoms with Crippen molar-refractivity contribution in [2.45, 2.75) is 300 Å². The average molecular weight is 978 g/mol. The van der Waals surface area contributed by atoms with Gasteiger partial charge in [0.15, 0.2) is 6.29 Å². The molecule has 1 heterocycles. The van der Waals surface area contributed by atoms with E-state index in [1.165, 1.54) is 148 Å². The summed E-state index contributed by atoms with van der Waals surface area (Å²) in [7, 11) is 0. The van der Waals surface area contributed by atoms with Crippen molar-refractivity contribution in [3.8, 4) is 0 Å². The number of aliphatic hydroxyl groups excluding tert-OH is 7. The lowest BCUT2D eigenvalue weighted by atomic mass is 9.98. The molecule has 1 fully saturated rings. The normalized spacial score (nSPS) is 20.7. The van der Waals surface area contributed by atoms with E-state index in [1.54, 1.807) is 0 Å². The number of carbonyl (C=O) groups excluding carboxylic acids is 1. The van der Waals surface area contributed by atoms with Gasteiger partial charge in [0.1, 0.15) is 36.6 Å². The van der Waals surface area contributed by atoms with E-state index >= 15 is 0 Å². The molecular weight excluding hydrogens is 871 g/mol. The molecule has 8 N–H and O–H groups in total. The minimum absolute atomic E-state index is 0.240.